The van der Waals surface area contributed by atoms with E-state index in [1.807, 2.05) is 9.76 Å². The molecular formula is C39H46Cl2Zr. The smallest absolute Gasteiger partial charge is 1.00 e. The van der Waals surface area contributed by atoms with E-state index in [-0.39, 0.29) is 35.6 Å². The van der Waals surface area contributed by atoms with Gasteiger partial charge in [0.1, 0.15) is 0 Å². The molecule has 1 saturated carbocycles. The van der Waals surface area contributed by atoms with Crippen LogP contribution in [-0.2, 0) is 38.5 Å². The summed E-state index contributed by atoms with van der Waals surface area (Å²) in [5.41, 5.74) is 12.4. The number of hydrogen-bond donors (Lipinski definition) is 0. The molecule has 42 heavy (non-hydrogen) atoms. The molecule has 0 N–H and O–H groups in total. The van der Waals surface area contributed by atoms with Crippen LogP contribution in [0.5, 0.6) is 0 Å². The fourth-order valence-electron chi connectivity index (χ4n) is 7.22. The number of halogens is 2. The minimum Gasteiger partial charge on any atom is -1.00 e. The second-order valence-corrected chi connectivity index (χ2v) is 20.7. The van der Waals surface area contributed by atoms with Gasteiger partial charge in [-0.2, -0.15) is 0 Å². The molecule has 0 bridgehead atoms. The van der Waals surface area contributed by atoms with Crippen LogP contribution in [0.15, 0.2) is 76.1 Å². The molecule has 1 fully saturated rings. The summed E-state index contributed by atoms with van der Waals surface area (Å²) in [4.78, 5) is 0. The predicted octanol–water partition coefficient (Wildman–Crippen LogP) is 3.86. The molecule has 3 aromatic rings. The van der Waals surface area contributed by atoms with Crippen molar-refractivity contribution in [3.8, 4) is 11.1 Å². The average molecular weight is 677 g/mol. The fourth-order valence-corrected chi connectivity index (χ4v) is 17.0. The van der Waals surface area contributed by atoms with Crippen LogP contribution >= 0.6 is 0 Å². The summed E-state index contributed by atoms with van der Waals surface area (Å²) in [5, 5.41) is 0. The van der Waals surface area contributed by atoms with E-state index in [1.54, 1.807) is 16.7 Å². The minimum absolute atomic E-state index is 0. The molecule has 1 atom stereocenters. The Labute approximate surface area is 275 Å². The quantitative estimate of drug-likeness (QED) is 0.310. The molecule has 1 unspecified atom stereocenters. The van der Waals surface area contributed by atoms with Crippen LogP contribution in [0.1, 0.15) is 108 Å². The zero-order valence-electron chi connectivity index (χ0n) is 26.5. The molecule has 0 aromatic heterocycles. The third kappa shape index (κ3) is 6.32. The largest absolute Gasteiger partial charge is 1.00 e. The first kappa shape index (κ1) is 33.4. The maximum atomic E-state index is 2.65. The fraction of sp³-hybridized carbons (Fsp3) is 0.410. The maximum Gasteiger partial charge on any atom is -1.00 e. The topological polar surface area (TPSA) is 0 Å². The van der Waals surface area contributed by atoms with E-state index in [0.717, 1.165) is 6.42 Å². The van der Waals surface area contributed by atoms with Crippen LogP contribution < -0.4 is 28.1 Å². The van der Waals surface area contributed by atoms with Crippen molar-refractivity contribution < 1.29 is 46.1 Å². The summed E-state index contributed by atoms with van der Waals surface area (Å²) in [5.74, 6) is 0.527. The summed E-state index contributed by atoms with van der Waals surface area (Å²) in [6.07, 6.45) is 13.2. The van der Waals surface area contributed by atoms with Crippen molar-refractivity contribution in [2.75, 3.05) is 0 Å². The van der Waals surface area contributed by atoms with Crippen LogP contribution in [0.25, 0.3) is 16.7 Å². The third-order valence-corrected chi connectivity index (χ3v) is 17.9. The van der Waals surface area contributed by atoms with Gasteiger partial charge in [-0.3, -0.25) is 0 Å². The van der Waals surface area contributed by atoms with Crippen LogP contribution in [0, 0.1) is 5.92 Å². The molecule has 3 heteroatoms. The van der Waals surface area contributed by atoms with Crippen molar-refractivity contribution in [2.45, 2.75) is 97.8 Å². The zero-order valence-corrected chi connectivity index (χ0v) is 30.5. The molecule has 0 heterocycles. The standard InChI is InChI=1S/C21H25.C12H11.C6H10.2ClH.Zr/c1-20(2,3)16-7-9-18-14(12-16)11-15-13-17(21(4,5)6)8-10-19(15)18;1-10-7-8-12(9-10)11-5-3-2-4-6-11;1-2-4-6-5-3-1;;;/h7-10,12H,11H2,1-6H3;2-6,8-10H,1H3;1-5H2;2*1H;/q;;;;;+2/p-2. The molecule has 0 radical (unpaired) electrons. The molecule has 0 nitrogen and oxygen atoms in total. The Balaban J connectivity index is 0.00000202. The van der Waals surface area contributed by atoms with Gasteiger partial charge in [-0.1, -0.05) is 0 Å². The molecule has 3 aliphatic rings. The van der Waals surface area contributed by atoms with Crippen molar-refractivity contribution in [3.05, 3.63) is 104 Å². The second kappa shape index (κ2) is 12.8. The van der Waals surface area contributed by atoms with Gasteiger partial charge in [0.15, 0.2) is 0 Å². The first-order valence-electron chi connectivity index (χ1n) is 15.5. The molecule has 6 rings (SSSR count). The van der Waals surface area contributed by atoms with Crippen LogP contribution in [0.4, 0.5) is 0 Å². The Bertz CT molecular complexity index is 1550. The van der Waals surface area contributed by atoms with Gasteiger partial charge in [0, 0.05) is 0 Å². The van der Waals surface area contributed by atoms with Gasteiger partial charge in [-0.05, 0) is 0 Å². The predicted molar refractivity (Wildman–Crippen MR) is 171 cm³/mol. The third-order valence-electron chi connectivity index (χ3n) is 9.44. The minimum atomic E-state index is -2.40. The van der Waals surface area contributed by atoms with Crippen molar-refractivity contribution in [1.29, 1.82) is 0 Å². The van der Waals surface area contributed by atoms with E-state index in [9.17, 15) is 0 Å². The number of allylic oxidation sites excluding steroid dienone is 4. The Hall–Kier alpha value is -1.53. The zero-order chi connectivity index (χ0) is 28.2. The van der Waals surface area contributed by atoms with E-state index in [0.29, 0.717) is 5.92 Å². The Kier molecular flexibility index (Phi) is 10.2. The summed E-state index contributed by atoms with van der Waals surface area (Å²) in [7, 11) is 0. The number of rotatable bonds is 3. The van der Waals surface area contributed by atoms with Gasteiger partial charge in [-0.25, -0.2) is 0 Å². The van der Waals surface area contributed by atoms with E-state index in [2.05, 4.69) is 121 Å². The molecule has 0 saturated heterocycles. The van der Waals surface area contributed by atoms with Gasteiger partial charge < -0.3 is 24.8 Å². The van der Waals surface area contributed by atoms with Gasteiger partial charge in [0.05, 0.1) is 0 Å². The average Bonchev–Trinajstić information content (AvgIpc) is 3.49. The van der Waals surface area contributed by atoms with E-state index in [4.69, 9.17) is 0 Å². The Morgan fingerprint density at radius 1 is 0.738 bits per heavy atom. The SMILES string of the molecule is CC1C=C(c2ccccc2)C=[C]1[Zr+2](=[C]1CCCCC1)[c]1c(C(C)(C)C)ccc2c1Cc1cc(C(C)(C)C)ccc1-2.[Cl-].[Cl-]. The summed E-state index contributed by atoms with van der Waals surface area (Å²) >= 11 is -2.40. The molecule has 3 aromatic carbocycles. The number of fused-ring (bicyclic) bond motifs is 3. The normalized spacial score (nSPS) is 17.7. The van der Waals surface area contributed by atoms with Crippen molar-refractivity contribution in [2.24, 2.45) is 5.92 Å². The monoisotopic (exact) mass is 674 g/mol. The second-order valence-electron chi connectivity index (χ2n) is 14.5. The van der Waals surface area contributed by atoms with E-state index >= 15 is 0 Å². The Morgan fingerprint density at radius 3 is 2.05 bits per heavy atom. The molecule has 220 valence electrons. The van der Waals surface area contributed by atoms with Crippen LogP contribution in [-0.4, -0.2) is 3.21 Å². The maximum absolute atomic E-state index is 2.65. The van der Waals surface area contributed by atoms with Gasteiger partial charge >= 0.3 is 252 Å². The molecule has 3 aliphatic carbocycles. The van der Waals surface area contributed by atoms with Crippen molar-refractivity contribution in [1.82, 2.24) is 0 Å². The molecule has 0 amide bonds. The summed E-state index contributed by atoms with van der Waals surface area (Å²) < 4.78 is 5.61. The van der Waals surface area contributed by atoms with Crippen molar-refractivity contribution in [3.63, 3.8) is 0 Å². The summed E-state index contributed by atoms with van der Waals surface area (Å²) in [6.45, 7) is 16.9. The summed E-state index contributed by atoms with van der Waals surface area (Å²) in [6, 6.07) is 23.5. The van der Waals surface area contributed by atoms with E-state index in [1.165, 1.54) is 59.9 Å². The van der Waals surface area contributed by atoms with Gasteiger partial charge in [-0.15, -0.1) is 0 Å². The van der Waals surface area contributed by atoms with Crippen LogP contribution in [0.2, 0.25) is 0 Å². The van der Waals surface area contributed by atoms with Gasteiger partial charge in [0.2, 0.25) is 0 Å². The molecule has 0 aliphatic heterocycles. The van der Waals surface area contributed by atoms with Crippen LogP contribution in [0.3, 0.4) is 0 Å². The van der Waals surface area contributed by atoms with Gasteiger partial charge in [0.25, 0.3) is 0 Å². The first-order chi connectivity index (χ1) is 19.0. The van der Waals surface area contributed by atoms with Crippen molar-refractivity contribution >= 4 is 12.1 Å². The molecular weight excluding hydrogens is 631 g/mol. The number of benzene rings is 3. The van der Waals surface area contributed by atoms with E-state index < -0.39 is 21.3 Å². The Morgan fingerprint density at radius 2 is 1.40 bits per heavy atom. The first-order valence-corrected chi connectivity index (χ1v) is 19.2. The molecule has 0 spiro atoms. The number of hydrogen-bond acceptors (Lipinski definition) is 0.